The molecule has 4 N–H and O–H groups in total. The van der Waals surface area contributed by atoms with Crippen molar-refractivity contribution >= 4 is 34.5 Å². The lowest BCUT2D eigenvalue weighted by Gasteiger charge is -2.36. The third kappa shape index (κ3) is 3.57. The van der Waals surface area contributed by atoms with Gasteiger partial charge in [0.1, 0.15) is 29.1 Å². The smallest absolute Gasteiger partial charge is 0.328 e. The van der Waals surface area contributed by atoms with Crippen LogP contribution in [0, 0.1) is 0 Å². The summed E-state index contributed by atoms with van der Waals surface area (Å²) in [5, 5.41) is 19.9. The van der Waals surface area contributed by atoms with Gasteiger partial charge in [-0.1, -0.05) is 0 Å². The van der Waals surface area contributed by atoms with Gasteiger partial charge in [-0.3, -0.25) is 0 Å². The van der Waals surface area contributed by atoms with Crippen LogP contribution in [-0.4, -0.2) is 49.9 Å². The van der Waals surface area contributed by atoms with Crippen LogP contribution in [0.3, 0.4) is 0 Å². The third-order valence-corrected chi connectivity index (χ3v) is 5.74. The fourth-order valence-electron chi connectivity index (χ4n) is 3.84. The molecule has 1 fully saturated rings. The van der Waals surface area contributed by atoms with E-state index in [2.05, 4.69) is 30.9 Å². The second-order valence-corrected chi connectivity index (χ2v) is 8.50. The number of fused-ring (bicyclic) bond motifs is 4. The van der Waals surface area contributed by atoms with Crippen LogP contribution in [0.1, 0.15) is 37.9 Å². The van der Waals surface area contributed by atoms with Gasteiger partial charge in [-0.2, -0.15) is 0 Å². The third-order valence-electron chi connectivity index (χ3n) is 5.74. The zero-order valence-electron chi connectivity index (χ0n) is 17.6. The van der Waals surface area contributed by atoms with E-state index in [1.165, 1.54) is 10.9 Å². The van der Waals surface area contributed by atoms with E-state index in [1.807, 2.05) is 12.1 Å². The van der Waals surface area contributed by atoms with Crippen molar-refractivity contribution in [3.8, 4) is 0 Å². The van der Waals surface area contributed by atoms with Gasteiger partial charge in [0, 0.05) is 13.1 Å². The molecule has 10 nitrogen and oxygen atoms in total. The first-order chi connectivity index (χ1) is 14.8. The molecule has 0 spiro atoms. The molecule has 1 saturated carbocycles. The number of carbonyl (C=O) groups excluding carboxylic acids is 1. The van der Waals surface area contributed by atoms with Crippen LogP contribution in [0.2, 0.25) is 0 Å². The van der Waals surface area contributed by atoms with Gasteiger partial charge in [-0.25, -0.2) is 24.3 Å². The number of carbonyl (C=O) groups is 1. The molecule has 4 heterocycles. The van der Waals surface area contributed by atoms with Crippen molar-refractivity contribution in [2.75, 3.05) is 17.7 Å². The van der Waals surface area contributed by atoms with Crippen LogP contribution >= 0.6 is 0 Å². The maximum atomic E-state index is 12.9. The molecule has 0 saturated heterocycles. The van der Waals surface area contributed by atoms with Gasteiger partial charge in [0.25, 0.3) is 0 Å². The minimum absolute atomic E-state index is 0.0757. The molecule has 3 aromatic rings. The summed E-state index contributed by atoms with van der Waals surface area (Å²) in [5.74, 6) is 1.03. The van der Waals surface area contributed by atoms with Crippen LogP contribution in [0.4, 0.5) is 22.1 Å². The number of rotatable bonds is 2. The largest absolute Gasteiger partial charge is 0.386 e. The first kappa shape index (κ1) is 19.7. The van der Waals surface area contributed by atoms with Gasteiger partial charge in [0.05, 0.1) is 30.1 Å². The summed E-state index contributed by atoms with van der Waals surface area (Å²) in [4.78, 5) is 26.5. The van der Waals surface area contributed by atoms with Gasteiger partial charge in [-0.05, 0) is 44.4 Å². The highest BCUT2D eigenvalue weighted by Crippen LogP contribution is 2.30. The molecule has 0 aromatic carbocycles. The van der Waals surface area contributed by atoms with Crippen molar-refractivity contribution < 1.29 is 14.6 Å². The lowest BCUT2D eigenvalue weighted by molar-refractivity contribution is -0.0324. The minimum atomic E-state index is -1.11. The zero-order valence-corrected chi connectivity index (χ0v) is 17.6. The Balaban J connectivity index is 1.66. The number of pyridine rings is 2. The quantitative estimate of drug-likeness (QED) is 0.495. The number of ether oxygens (including phenoxy) is 1. The highest BCUT2D eigenvalue weighted by atomic mass is 16.5. The summed E-state index contributed by atoms with van der Waals surface area (Å²) in [5.41, 5.74) is 2.05. The molecule has 1 aliphatic heterocycles. The van der Waals surface area contributed by atoms with Crippen LogP contribution in [-0.2, 0) is 16.9 Å². The number of anilines is 3. The zero-order chi connectivity index (χ0) is 21.8. The number of nitrogens with one attached hydrogen (secondary N) is 3. The molecule has 162 valence electrons. The summed E-state index contributed by atoms with van der Waals surface area (Å²) in [6, 6.07) is 5.17. The van der Waals surface area contributed by atoms with E-state index in [0.717, 1.165) is 24.1 Å². The molecule has 3 aromatic heterocycles. The Bertz CT molecular complexity index is 1170. The number of nitrogens with zero attached hydrogens (tertiary/aromatic N) is 4. The fourth-order valence-corrected chi connectivity index (χ4v) is 3.84. The van der Waals surface area contributed by atoms with E-state index < -0.39 is 5.60 Å². The number of hydrogen-bond donors (Lipinski definition) is 4. The van der Waals surface area contributed by atoms with Crippen LogP contribution < -0.4 is 16.0 Å². The Kier molecular flexibility index (Phi) is 4.56. The maximum absolute atomic E-state index is 12.9. The first-order valence-electron chi connectivity index (χ1n) is 10.3. The number of amides is 1. The van der Waals surface area contributed by atoms with Crippen molar-refractivity contribution in [1.82, 2.24) is 24.8 Å². The fraction of sp³-hybridized carbons (Fsp3) is 0.429. The summed E-state index contributed by atoms with van der Waals surface area (Å²) >= 11 is 0. The van der Waals surface area contributed by atoms with Gasteiger partial charge >= 0.3 is 6.03 Å². The molecule has 0 radical (unpaired) electrons. The Morgan fingerprint density at radius 2 is 2.03 bits per heavy atom. The lowest BCUT2D eigenvalue weighted by atomic mass is 9.89. The molecule has 0 unspecified atom stereocenters. The molecule has 1 amide bonds. The van der Waals surface area contributed by atoms with E-state index >= 15 is 0 Å². The van der Waals surface area contributed by atoms with E-state index in [9.17, 15) is 9.90 Å². The average Bonchev–Trinajstić information content (AvgIpc) is 3.13. The van der Waals surface area contributed by atoms with Crippen LogP contribution in [0.5, 0.6) is 0 Å². The Hall–Kier alpha value is -3.24. The first-order valence-corrected chi connectivity index (χ1v) is 10.3. The number of imidazole rings is 1. The molecule has 2 atom stereocenters. The Morgan fingerprint density at radius 3 is 2.74 bits per heavy atom. The van der Waals surface area contributed by atoms with Gasteiger partial charge < -0.3 is 25.8 Å². The summed E-state index contributed by atoms with van der Waals surface area (Å²) in [6.07, 6.45) is 3.12. The number of hydrogen-bond acceptors (Lipinski definition) is 8. The SMILES string of the molecule is CNc1cc2nc3c1ncn3C(=O)N[C@@H]1CC[C@H]1OCc1cc(nc(C(C)(C)O)c1)N2. The highest BCUT2D eigenvalue weighted by Gasteiger charge is 2.34. The molecule has 1 aliphatic carbocycles. The van der Waals surface area contributed by atoms with E-state index in [1.54, 1.807) is 27.0 Å². The molecule has 4 bridgehead atoms. The molecule has 5 rings (SSSR count). The Labute approximate surface area is 179 Å². The summed E-state index contributed by atoms with van der Waals surface area (Å²) in [7, 11) is 1.79. The van der Waals surface area contributed by atoms with E-state index in [-0.39, 0.29) is 18.2 Å². The molecular formula is C21H25N7O3. The van der Waals surface area contributed by atoms with Crippen LogP contribution in [0.15, 0.2) is 24.5 Å². The van der Waals surface area contributed by atoms with E-state index in [4.69, 9.17) is 4.74 Å². The van der Waals surface area contributed by atoms with E-state index in [0.29, 0.717) is 35.1 Å². The van der Waals surface area contributed by atoms with Crippen molar-refractivity contribution in [2.24, 2.45) is 0 Å². The minimum Gasteiger partial charge on any atom is -0.386 e. The predicted octanol–water partition coefficient (Wildman–Crippen LogP) is 2.46. The van der Waals surface area contributed by atoms with Gasteiger partial charge in [0.15, 0.2) is 5.65 Å². The molecule has 2 aliphatic rings. The topological polar surface area (TPSA) is 126 Å². The maximum Gasteiger partial charge on any atom is 0.328 e. The Morgan fingerprint density at radius 1 is 1.23 bits per heavy atom. The molecule has 10 heteroatoms. The lowest BCUT2D eigenvalue weighted by Crippen LogP contribution is -2.52. The summed E-state index contributed by atoms with van der Waals surface area (Å²) in [6.45, 7) is 3.74. The second-order valence-electron chi connectivity index (χ2n) is 8.50. The standard InChI is InChI=1S/C21H25N7O3/c1-21(2,30)15-6-11-7-16(25-15)26-17-8-13(22-3)18-19(27-17)28(10-23-18)20(29)24-12-4-5-14(12)31-9-11/h6-8,10,12,14,30H,4-5,9H2,1-3H3,(H,24,29)(H2,22,25,26,27)/t12-,14-/m1/s1. The molecular weight excluding hydrogens is 398 g/mol. The monoisotopic (exact) mass is 423 g/mol. The normalized spacial score (nSPS) is 21.0. The number of aromatic nitrogens is 4. The highest BCUT2D eigenvalue weighted by molar-refractivity contribution is 5.94. The van der Waals surface area contributed by atoms with Crippen molar-refractivity contribution in [3.05, 3.63) is 35.8 Å². The van der Waals surface area contributed by atoms with Crippen LogP contribution in [0.25, 0.3) is 11.2 Å². The van der Waals surface area contributed by atoms with Gasteiger partial charge in [0.2, 0.25) is 0 Å². The number of aliphatic hydroxyl groups is 1. The van der Waals surface area contributed by atoms with Crippen molar-refractivity contribution in [1.29, 1.82) is 0 Å². The predicted molar refractivity (Wildman–Crippen MR) is 115 cm³/mol. The summed E-state index contributed by atoms with van der Waals surface area (Å²) < 4.78 is 7.49. The van der Waals surface area contributed by atoms with Gasteiger partial charge in [-0.15, -0.1) is 0 Å². The van der Waals surface area contributed by atoms with Crippen molar-refractivity contribution in [3.63, 3.8) is 0 Å². The average molecular weight is 423 g/mol. The van der Waals surface area contributed by atoms with Crippen molar-refractivity contribution in [2.45, 2.75) is 51.0 Å². The second kappa shape index (κ2) is 7.17. The molecule has 31 heavy (non-hydrogen) atoms.